The van der Waals surface area contributed by atoms with Gasteiger partial charge in [-0.3, -0.25) is 4.79 Å². The molecule has 0 radical (unpaired) electrons. The van der Waals surface area contributed by atoms with Gasteiger partial charge in [-0.1, -0.05) is 18.2 Å². The topological polar surface area (TPSA) is 82.3 Å². The van der Waals surface area contributed by atoms with Crippen LogP contribution >= 0.6 is 0 Å². The fraction of sp³-hybridized carbons (Fsp3) is 0.304. The van der Waals surface area contributed by atoms with Gasteiger partial charge in [0, 0.05) is 24.6 Å². The highest BCUT2D eigenvalue weighted by Crippen LogP contribution is 2.31. The molecule has 0 spiro atoms. The lowest BCUT2D eigenvalue weighted by molar-refractivity contribution is 0.0854. The number of hydrogen-bond acceptors (Lipinski definition) is 6. The molecule has 0 bridgehead atoms. The first-order valence-corrected chi connectivity index (χ1v) is 9.87. The predicted octanol–water partition coefficient (Wildman–Crippen LogP) is 3.59. The van der Waals surface area contributed by atoms with Crippen LogP contribution in [-0.4, -0.2) is 39.4 Å². The molecule has 1 unspecified atom stereocenters. The fourth-order valence-electron chi connectivity index (χ4n) is 3.42. The first-order valence-electron chi connectivity index (χ1n) is 9.87. The Morgan fingerprint density at radius 3 is 2.80 bits per heavy atom. The summed E-state index contributed by atoms with van der Waals surface area (Å²) in [6.07, 6.45) is 2.01. The third-order valence-corrected chi connectivity index (χ3v) is 5.02. The van der Waals surface area contributed by atoms with Crippen molar-refractivity contribution in [3.63, 3.8) is 0 Å². The summed E-state index contributed by atoms with van der Waals surface area (Å²) in [4.78, 5) is 17.6. The normalized spacial score (nSPS) is 16.6. The monoisotopic (exact) mass is 408 g/mol. The highest BCUT2D eigenvalue weighted by molar-refractivity contribution is 5.96. The van der Waals surface area contributed by atoms with E-state index in [0.29, 0.717) is 34.9 Å². The number of hydrogen-bond donors (Lipinski definition) is 1. The van der Waals surface area contributed by atoms with E-state index in [-0.39, 0.29) is 17.6 Å². The molecule has 1 saturated heterocycles. The first-order chi connectivity index (χ1) is 14.7. The zero-order valence-electron chi connectivity index (χ0n) is 17.0. The molecule has 1 aliphatic rings. The van der Waals surface area contributed by atoms with Gasteiger partial charge in [0.05, 0.1) is 20.3 Å². The van der Waals surface area contributed by atoms with Crippen molar-refractivity contribution in [1.82, 2.24) is 5.32 Å². The molecule has 1 atom stereocenters. The van der Waals surface area contributed by atoms with Gasteiger partial charge in [-0.05, 0) is 37.1 Å². The number of fused-ring (bicyclic) bond motifs is 1. The van der Waals surface area contributed by atoms with Crippen LogP contribution in [0.4, 0.5) is 5.69 Å². The van der Waals surface area contributed by atoms with E-state index in [9.17, 15) is 4.79 Å². The first kappa shape index (κ1) is 20.0. The van der Waals surface area contributed by atoms with Crippen molar-refractivity contribution in [3.8, 4) is 11.5 Å². The largest absolute Gasteiger partial charge is 0.497 e. The SMILES string of the molecule is COc1ccc(OC)c(N=c2oc3ccccc3cc2C(=O)NCC2CCCO2)c1. The lowest BCUT2D eigenvalue weighted by Crippen LogP contribution is -2.34. The van der Waals surface area contributed by atoms with E-state index >= 15 is 0 Å². The van der Waals surface area contributed by atoms with E-state index in [1.165, 1.54) is 0 Å². The Labute approximate surface area is 174 Å². The molecule has 30 heavy (non-hydrogen) atoms. The molecule has 7 nitrogen and oxygen atoms in total. The van der Waals surface area contributed by atoms with E-state index in [0.717, 1.165) is 24.8 Å². The summed E-state index contributed by atoms with van der Waals surface area (Å²) in [7, 11) is 3.14. The maximum Gasteiger partial charge on any atom is 0.256 e. The number of carbonyl (C=O) groups is 1. The second kappa shape index (κ2) is 9.00. The lowest BCUT2D eigenvalue weighted by atomic mass is 10.1. The maximum atomic E-state index is 13.0. The average molecular weight is 408 g/mol. The summed E-state index contributed by atoms with van der Waals surface area (Å²) >= 11 is 0. The Hall–Kier alpha value is -3.32. The van der Waals surface area contributed by atoms with Crippen LogP contribution in [-0.2, 0) is 4.74 Å². The minimum Gasteiger partial charge on any atom is -0.497 e. The Bertz CT molecular complexity index is 1120. The number of methoxy groups -OCH3 is 2. The molecule has 1 N–H and O–H groups in total. The van der Waals surface area contributed by atoms with Crippen molar-refractivity contribution in [3.05, 3.63) is 59.6 Å². The third-order valence-electron chi connectivity index (χ3n) is 5.02. The number of nitrogens with zero attached hydrogens (tertiary/aromatic N) is 1. The van der Waals surface area contributed by atoms with Gasteiger partial charge in [0.15, 0.2) is 0 Å². The molecule has 156 valence electrons. The highest BCUT2D eigenvalue weighted by atomic mass is 16.5. The molecule has 2 aromatic carbocycles. The van der Waals surface area contributed by atoms with E-state index in [2.05, 4.69) is 10.3 Å². The van der Waals surface area contributed by atoms with Gasteiger partial charge in [-0.25, -0.2) is 4.99 Å². The molecule has 1 fully saturated rings. The molecule has 3 aromatic rings. The van der Waals surface area contributed by atoms with Gasteiger partial charge in [0.1, 0.15) is 28.3 Å². The summed E-state index contributed by atoms with van der Waals surface area (Å²) in [5.41, 5.74) is 1.68. The third kappa shape index (κ3) is 4.31. The number of ether oxygens (including phenoxy) is 3. The van der Waals surface area contributed by atoms with Gasteiger partial charge in [-0.15, -0.1) is 0 Å². The lowest BCUT2D eigenvalue weighted by Gasteiger charge is -2.11. The van der Waals surface area contributed by atoms with Crippen LogP contribution in [0.5, 0.6) is 11.5 Å². The molecule has 1 amide bonds. The van der Waals surface area contributed by atoms with Gasteiger partial charge in [0.25, 0.3) is 5.91 Å². The van der Waals surface area contributed by atoms with Crippen molar-refractivity contribution in [2.75, 3.05) is 27.4 Å². The van der Waals surface area contributed by atoms with Crippen LogP contribution in [0, 0.1) is 0 Å². The van der Waals surface area contributed by atoms with Crippen LogP contribution in [0.2, 0.25) is 0 Å². The summed E-state index contributed by atoms with van der Waals surface area (Å²) < 4.78 is 22.3. The Morgan fingerprint density at radius 1 is 1.17 bits per heavy atom. The molecule has 2 heterocycles. The number of nitrogens with one attached hydrogen (secondary N) is 1. The van der Waals surface area contributed by atoms with Crippen molar-refractivity contribution in [1.29, 1.82) is 0 Å². The van der Waals surface area contributed by atoms with E-state index in [1.54, 1.807) is 38.5 Å². The van der Waals surface area contributed by atoms with Crippen LogP contribution in [0.3, 0.4) is 0 Å². The summed E-state index contributed by atoms with van der Waals surface area (Å²) in [5, 5.41) is 3.76. The zero-order chi connectivity index (χ0) is 20.9. The second-order valence-corrected chi connectivity index (χ2v) is 7.00. The molecule has 0 aliphatic carbocycles. The van der Waals surface area contributed by atoms with Crippen LogP contribution in [0.15, 0.2) is 57.9 Å². The number of amides is 1. The Kier molecular flexibility index (Phi) is 5.99. The number of para-hydroxylation sites is 1. The average Bonchev–Trinajstić information content (AvgIpc) is 3.30. The highest BCUT2D eigenvalue weighted by Gasteiger charge is 2.19. The molecular formula is C23H24N2O5. The van der Waals surface area contributed by atoms with Gasteiger partial charge >= 0.3 is 0 Å². The van der Waals surface area contributed by atoms with Crippen molar-refractivity contribution < 1.29 is 23.4 Å². The van der Waals surface area contributed by atoms with E-state index < -0.39 is 0 Å². The van der Waals surface area contributed by atoms with Gasteiger partial charge in [0.2, 0.25) is 5.55 Å². The molecule has 1 aliphatic heterocycles. The van der Waals surface area contributed by atoms with E-state index in [1.807, 2.05) is 24.3 Å². The minimum atomic E-state index is -0.263. The summed E-state index contributed by atoms with van der Waals surface area (Å²) in [5.74, 6) is 0.908. The minimum absolute atomic E-state index is 0.0465. The number of carbonyl (C=O) groups excluding carboxylic acids is 1. The second-order valence-electron chi connectivity index (χ2n) is 7.00. The van der Waals surface area contributed by atoms with E-state index in [4.69, 9.17) is 18.6 Å². The van der Waals surface area contributed by atoms with Crippen LogP contribution < -0.4 is 20.3 Å². The standard InChI is InChI=1S/C23H24N2O5/c1-27-16-9-10-21(28-2)19(13-16)25-23-18(12-15-6-3-4-8-20(15)30-23)22(26)24-14-17-7-5-11-29-17/h3-4,6,8-10,12-13,17H,5,7,11,14H2,1-2H3,(H,24,26). The quantitative estimate of drug-likeness (QED) is 0.674. The molecule has 0 saturated carbocycles. The van der Waals surface area contributed by atoms with Crippen molar-refractivity contribution in [2.24, 2.45) is 4.99 Å². The molecule has 7 heteroatoms. The zero-order valence-corrected chi connectivity index (χ0v) is 17.0. The van der Waals surface area contributed by atoms with Crippen molar-refractivity contribution in [2.45, 2.75) is 18.9 Å². The fourth-order valence-corrected chi connectivity index (χ4v) is 3.42. The maximum absolute atomic E-state index is 13.0. The molecule has 1 aromatic heterocycles. The predicted molar refractivity (Wildman–Crippen MR) is 112 cm³/mol. The summed E-state index contributed by atoms with van der Waals surface area (Å²) in [6, 6.07) is 14.6. The Balaban J connectivity index is 1.78. The summed E-state index contributed by atoms with van der Waals surface area (Å²) in [6.45, 7) is 1.19. The van der Waals surface area contributed by atoms with Crippen molar-refractivity contribution >= 4 is 22.6 Å². The number of benzene rings is 2. The van der Waals surface area contributed by atoms with Crippen LogP contribution in [0.25, 0.3) is 11.0 Å². The molecule has 4 rings (SSSR count). The van der Waals surface area contributed by atoms with Crippen LogP contribution in [0.1, 0.15) is 23.2 Å². The smallest absolute Gasteiger partial charge is 0.256 e. The number of rotatable bonds is 6. The van der Waals surface area contributed by atoms with Gasteiger partial charge in [-0.2, -0.15) is 0 Å². The van der Waals surface area contributed by atoms with Gasteiger partial charge < -0.3 is 23.9 Å². The Morgan fingerprint density at radius 2 is 2.03 bits per heavy atom. The molecular weight excluding hydrogens is 384 g/mol.